The summed E-state index contributed by atoms with van der Waals surface area (Å²) in [6, 6.07) is 0. The Kier molecular flexibility index (Phi) is 4.39. The molecule has 1 amide bonds. The van der Waals surface area contributed by atoms with Crippen LogP contribution in [0.3, 0.4) is 0 Å². The van der Waals surface area contributed by atoms with Gasteiger partial charge >= 0.3 is 6.09 Å². The van der Waals surface area contributed by atoms with E-state index < -0.39 is 0 Å². The van der Waals surface area contributed by atoms with Crippen LogP contribution in [0.5, 0.6) is 0 Å². The van der Waals surface area contributed by atoms with Crippen LogP contribution in [0.4, 0.5) is 4.79 Å². The van der Waals surface area contributed by atoms with Crippen LogP contribution < -0.4 is 0 Å². The summed E-state index contributed by atoms with van der Waals surface area (Å²) in [4.78, 5) is 29.2. The van der Waals surface area contributed by atoms with Crippen molar-refractivity contribution in [1.82, 2.24) is 9.96 Å². The molecule has 0 spiro atoms. The molecule has 0 aliphatic carbocycles. The largest absolute Gasteiger partial charge is 0.434 e. The number of carbonyl (C=O) groups is 2. The molecule has 2 heterocycles. The minimum absolute atomic E-state index is 0.306. The Bertz CT molecular complexity index is 357. The Morgan fingerprint density at radius 3 is 2.72 bits per heavy atom. The minimum atomic E-state index is -0.306. The van der Waals surface area contributed by atoms with Gasteiger partial charge < -0.3 is 14.5 Å². The molecule has 5 heteroatoms. The molecule has 0 aromatic rings. The van der Waals surface area contributed by atoms with E-state index >= 15 is 0 Å². The van der Waals surface area contributed by atoms with E-state index in [0.717, 1.165) is 19.1 Å². The molecule has 0 N–H and O–H groups in total. The molecule has 98 valence electrons. The molecule has 0 aromatic carbocycles. The highest BCUT2D eigenvalue weighted by Gasteiger charge is 2.24. The lowest BCUT2D eigenvalue weighted by atomic mass is 9.94. The minimum Gasteiger partial charge on any atom is -0.322 e. The Morgan fingerprint density at radius 2 is 2.11 bits per heavy atom. The standard InChI is InChI=1S/C13H18N2O3/c16-11-6-12-4-9-14(10-5-12)13(17)18-15-7-2-1-3-8-15/h1-3,7,11-12H,4-6,8-10H2. The molecule has 0 saturated carbocycles. The topological polar surface area (TPSA) is 49.9 Å². The fourth-order valence-corrected chi connectivity index (χ4v) is 2.16. The molecule has 5 nitrogen and oxygen atoms in total. The Morgan fingerprint density at radius 1 is 1.33 bits per heavy atom. The molecule has 2 aliphatic heterocycles. The van der Waals surface area contributed by atoms with Gasteiger partial charge in [0, 0.05) is 25.7 Å². The Hall–Kier alpha value is -1.78. The zero-order valence-electron chi connectivity index (χ0n) is 10.3. The van der Waals surface area contributed by atoms with Gasteiger partial charge in [0.2, 0.25) is 0 Å². The second-order valence-corrected chi connectivity index (χ2v) is 4.56. The van der Waals surface area contributed by atoms with Crippen molar-refractivity contribution in [3.05, 3.63) is 24.4 Å². The molecule has 1 fully saturated rings. The average molecular weight is 250 g/mol. The normalized spacial score (nSPS) is 20.0. The summed E-state index contributed by atoms with van der Waals surface area (Å²) in [6.07, 6.45) is 10.4. The number of hydrogen-bond donors (Lipinski definition) is 0. The maximum atomic E-state index is 11.9. The number of carbonyl (C=O) groups excluding carboxylic acids is 2. The Labute approximate surface area is 107 Å². The van der Waals surface area contributed by atoms with Gasteiger partial charge in [-0.15, -0.1) is 0 Å². The number of hydroxylamine groups is 2. The summed E-state index contributed by atoms with van der Waals surface area (Å²) < 4.78 is 0. The van der Waals surface area contributed by atoms with Gasteiger partial charge in [-0.05, 0) is 24.8 Å². The second-order valence-electron chi connectivity index (χ2n) is 4.56. The van der Waals surface area contributed by atoms with Gasteiger partial charge in [0.05, 0.1) is 6.54 Å². The fraction of sp³-hybridized carbons (Fsp3) is 0.538. The first-order valence-electron chi connectivity index (χ1n) is 6.30. The molecule has 2 rings (SSSR count). The maximum Gasteiger partial charge on any atom is 0.434 e. The van der Waals surface area contributed by atoms with Crippen molar-refractivity contribution in [2.24, 2.45) is 5.92 Å². The highest BCUT2D eigenvalue weighted by atomic mass is 16.7. The van der Waals surface area contributed by atoms with Crippen molar-refractivity contribution in [3.8, 4) is 0 Å². The molecule has 1 saturated heterocycles. The fourth-order valence-electron chi connectivity index (χ4n) is 2.16. The highest BCUT2D eigenvalue weighted by Crippen LogP contribution is 2.20. The van der Waals surface area contributed by atoms with Gasteiger partial charge in [0.15, 0.2) is 0 Å². The van der Waals surface area contributed by atoms with E-state index in [1.807, 2.05) is 18.2 Å². The van der Waals surface area contributed by atoms with Gasteiger partial charge in [-0.1, -0.05) is 12.2 Å². The van der Waals surface area contributed by atoms with Crippen LogP contribution in [-0.2, 0) is 9.63 Å². The van der Waals surface area contributed by atoms with Crippen LogP contribution in [0.15, 0.2) is 24.4 Å². The van der Waals surface area contributed by atoms with Gasteiger partial charge in [-0.3, -0.25) is 0 Å². The van der Waals surface area contributed by atoms with Gasteiger partial charge in [-0.2, -0.15) is 0 Å². The van der Waals surface area contributed by atoms with E-state index in [0.29, 0.717) is 32.0 Å². The SMILES string of the molecule is O=CCC1CCN(C(=O)ON2C=CC=CC2)CC1. The van der Waals surface area contributed by atoms with Crippen LogP contribution >= 0.6 is 0 Å². The van der Waals surface area contributed by atoms with Gasteiger partial charge in [0.1, 0.15) is 6.29 Å². The summed E-state index contributed by atoms with van der Waals surface area (Å²) in [5.41, 5.74) is 0. The van der Waals surface area contributed by atoms with Crippen molar-refractivity contribution in [3.63, 3.8) is 0 Å². The van der Waals surface area contributed by atoms with Gasteiger partial charge in [-0.25, -0.2) is 9.86 Å². The number of rotatable bonds is 3. The third kappa shape index (κ3) is 3.35. The third-order valence-corrected chi connectivity index (χ3v) is 3.28. The highest BCUT2D eigenvalue weighted by molar-refractivity contribution is 5.67. The molecular formula is C13H18N2O3. The zero-order valence-corrected chi connectivity index (χ0v) is 10.3. The summed E-state index contributed by atoms with van der Waals surface area (Å²) in [6.45, 7) is 1.93. The molecule has 0 atom stereocenters. The van der Waals surface area contributed by atoms with Crippen molar-refractivity contribution in [2.75, 3.05) is 19.6 Å². The summed E-state index contributed by atoms with van der Waals surface area (Å²) >= 11 is 0. The predicted octanol–water partition coefficient (Wildman–Crippen LogP) is 1.72. The second kappa shape index (κ2) is 6.23. The molecular weight excluding hydrogens is 232 g/mol. The summed E-state index contributed by atoms with van der Waals surface area (Å²) in [5, 5.41) is 1.51. The number of likely N-dealkylation sites (tertiary alicyclic amines) is 1. The lowest BCUT2D eigenvalue weighted by molar-refractivity contribution is -0.109. The summed E-state index contributed by atoms with van der Waals surface area (Å²) in [5.74, 6) is 0.421. The lowest BCUT2D eigenvalue weighted by Crippen LogP contribution is -2.41. The van der Waals surface area contributed by atoms with Crippen LogP contribution in [0.25, 0.3) is 0 Å². The lowest BCUT2D eigenvalue weighted by Gasteiger charge is -2.31. The number of piperidine rings is 1. The first kappa shape index (κ1) is 12.7. The van der Waals surface area contributed by atoms with Gasteiger partial charge in [0.25, 0.3) is 0 Å². The number of amides is 1. The van der Waals surface area contributed by atoms with Crippen molar-refractivity contribution >= 4 is 12.4 Å². The van der Waals surface area contributed by atoms with Crippen LogP contribution in [0.1, 0.15) is 19.3 Å². The number of allylic oxidation sites excluding steroid dienone is 2. The molecule has 18 heavy (non-hydrogen) atoms. The average Bonchev–Trinajstić information content (AvgIpc) is 2.41. The molecule has 0 aromatic heterocycles. The molecule has 0 radical (unpaired) electrons. The molecule has 2 aliphatic rings. The van der Waals surface area contributed by atoms with Crippen LogP contribution in [0.2, 0.25) is 0 Å². The number of nitrogens with zero attached hydrogens (tertiary/aromatic N) is 2. The van der Waals surface area contributed by atoms with E-state index in [2.05, 4.69) is 0 Å². The third-order valence-electron chi connectivity index (χ3n) is 3.28. The first-order valence-corrected chi connectivity index (χ1v) is 6.30. The smallest absolute Gasteiger partial charge is 0.322 e. The van der Waals surface area contributed by atoms with E-state index in [1.165, 1.54) is 5.06 Å². The van der Waals surface area contributed by atoms with E-state index in [-0.39, 0.29) is 6.09 Å². The molecule has 0 bridgehead atoms. The Balaban J connectivity index is 1.75. The van der Waals surface area contributed by atoms with Crippen molar-refractivity contribution in [2.45, 2.75) is 19.3 Å². The number of hydrogen-bond acceptors (Lipinski definition) is 4. The monoisotopic (exact) mass is 250 g/mol. The van der Waals surface area contributed by atoms with Crippen molar-refractivity contribution in [1.29, 1.82) is 0 Å². The van der Waals surface area contributed by atoms with E-state index in [1.54, 1.807) is 11.1 Å². The predicted molar refractivity (Wildman–Crippen MR) is 66.4 cm³/mol. The van der Waals surface area contributed by atoms with E-state index in [9.17, 15) is 9.59 Å². The zero-order chi connectivity index (χ0) is 12.8. The summed E-state index contributed by atoms with van der Waals surface area (Å²) in [7, 11) is 0. The first-order chi connectivity index (χ1) is 8.79. The maximum absolute atomic E-state index is 11.9. The quantitative estimate of drug-likeness (QED) is 0.716. The van der Waals surface area contributed by atoms with Crippen molar-refractivity contribution < 1.29 is 14.4 Å². The molecule has 0 unspecified atom stereocenters. The van der Waals surface area contributed by atoms with Crippen LogP contribution in [0, 0.1) is 5.92 Å². The van der Waals surface area contributed by atoms with E-state index in [4.69, 9.17) is 4.84 Å². The van der Waals surface area contributed by atoms with Crippen LogP contribution in [-0.4, -0.2) is 42.0 Å². The number of aldehydes is 1.